The number of rotatable bonds is 5. The molecular formula is C16H18Cl2N2O2. The van der Waals surface area contributed by atoms with E-state index in [1.54, 1.807) is 36.5 Å². The van der Waals surface area contributed by atoms with E-state index in [1.165, 1.54) is 0 Å². The summed E-state index contributed by atoms with van der Waals surface area (Å²) < 4.78 is 5.52. The summed E-state index contributed by atoms with van der Waals surface area (Å²) in [5.41, 5.74) is 7.24. The molecule has 1 aromatic carbocycles. The van der Waals surface area contributed by atoms with Gasteiger partial charge in [-0.05, 0) is 43.7 Å². The molecule has 22 heavy (non-hydrogen) atoms. The zero-order chi connectivity index (χ0) is 16.3. The van der Waals surface area contributed by atoms with Gasteiger partial charge >= 0.3 is 0 Å². The van der Waals surface area contributed by atoms with E-state index >= 15 is 0 Å². The van der Waals surface area contributed by atoms with Crippen molar-refractivity contribution >= 4 is 23.2 Å². The van der Waals surface area contributed by atoms with Gasteiger partial charge in [0, 0.05) is 0 Å². The number of hydrogen-bond donors (Lipinski definition) is 2. The Morgan fingerprint density at radius 2 is 1.86 bits per heavy atom. The summed E-state index contributed by atoms with van der Waals surface area (Å²) in [7, 11) is 0. The fourth-order valence-corrected chi connectivity index (χ4v) is 2.30. The van der Waals surface area contributed by atoms with Crippen molar-refractivity contribution in [1.82, 2.24) is 4.98 Å². The quantitative estimate of drug-likeness (QED) is 0.865. The number of aliphatic hydroxyl groups is 1. The molecule has 0 aliphatic heterocycles. The number of pyridine rings is 1. The van der Waals surface area contributed by atoms with Crippen LogP contribution in [0.2, 0.25) is 10.0 Å². The van der Waals surface area contributed by atoms with Gasteiger partial charge in [-0.1, -0.05) is 29.3 Å². The number of ether oxygens (including phenoxy) is 1. The van der Waals surface area contributed by atoms with Gasteiger partial charge in [-0.3, -0.25) is 4.98 Å². The molecule has 0 fully saturated rings. The average Bonchev–Trinajstić information content (AvgIpc) is 2.49. The smallest absolute Gasteiger partial charge is 0.137 e. The third kappa shape index (κ3) is 4.11. The zero-order valence-corrected chi connectivity index (χ0v) is 13.8. The van der Waals surface area contributed by atoms with E-state index in [4.69, 9.17) is 33.7 Å². The minimum absolute atomic E-state index is 0.0658. The Hall–Kier alpha value is -1.33. The summed E-state index contributed by atoms with van der Waals surface area (Å²) in [4.78, 5) is 4.20. The fraction of sp³-hybridized carbons (Fsp3) is 0.312. The van der Waals surface area contributed by atoms with E-state index < -0.39 is 12.1 Å². The molecule has 0 saturated carbocycles. The Bertz CT molecular complexity index is 633. The number of benzene rings is 1. The standard InChI is InChI=1S/C16H18Cl2N2O2/c1-9(2)22-11-4-6-14(20-8-11)16(21)15(19)10-3-5-12(17)13(18)7-10/h3-9,15-16,21H,19H2,1-2H3/t15-,16-/m1/s1. The van der Waals surface area contributed by atoms with Crippen LogP contribution < -0.4 is 10.5 Å². The number of halogens is 2. The Kier molecular flexibility index (Phi) is 5.64. The number of aromatic nitrogens is 1. The van der Waals surface area contributed by atoms with Crippen molar-refractivity contribution in [3.8, 4) is 5.75 Å². The van der Waals surface area contributed by atoms with Crippen LogP contribution in [-0.4, -0.2) is 16.2 Å². The highest BCUT2D eigenvalue weighted by atomic mass is 35.5. The first-order chi connectivity index (χ1) is 10.4. The van der Waals surface area contributed by atoms with E-state index in [2.05, 4.69) is 4.98 Å². The van der Waals surface area contributed by atoms with Crippen molar-refractivity contribution in [2.45, 2.75) is 32.1 Å². The molecule has 0 unspecified atom stereocenters. The predicted molar refractivity (Wildman–Crippen MR) is 88.4 cm³/mol. The first-order valence-corrected chi connectivity index (χ1v) is 7.65. The molecule has 0 spiro atoms. The number of aliphatic hydroxyl groups excluding tert-OH is 1. The summed E-state index contributed by atoms with van der Waals surface area (Å²) in [6, 6.07) is 7.83. The molecular weight excluding hydrogens is 323 g/mol. The molecule has 0 aliphatic rings. The van der Waals surface area contributed by atoms with E-state index in [-0.39, 0.29) is 6.10 Å². The van der Waals surface area contributed by atoms with Gasteiger partial charge in [-0.15, -0.1) is 0 Å². The first kappa shape index (κ1) is 17.0. The minimum atomic E-state index is -0.953. The highest BCUT2D eigenvalue weighted by Gasteiger charge is 2.20. The van der Waals surface area contributed by atoms with Crippen molar-refractivity contribution in [1.29, 1.82) is 0 Å². The highest BCUT2D eigenvalue weighted by molar-refractivity contribution is 6.42. The molecule has 6 heteroatoms. The van der Waals surface area contributed by atoms with Gasteiger partial charge in [0.25, 0.3) is 0 Å². The summed E-state index contributed by atoms with van der Waals surface area (Å²) in [6.45, 7) is 3.87. The van der Waals surface area contributed by atoms with Gasteiger partial charge in [0.15, 0.2) is 0 Å². The first-order valence-electron chi connectivity index (χ1n) is 6.89. The molecule has 0 amide bonds. The fourth-order valence-electron chi connectivity index (χ4n) is 1.99. The third-order valence-electron chi connectivity index (χ3n) is 3.10. The van der Waals surface area contributed by atoms with Crippen LogP contribution in [0, 0.1) is 0 Å². The summed E-state index contributed by atoms with van der Waals surface area (Å²) >= 11 is 11.9. The molecule has 2 atom stereocenters. The lowest BCUT2D eigenvalue weighted by atomic mass is 10.00. The molecule has 0 aliphatic carbocycles. The van der Waals surface area contributed by atoms with Crippen LogP contribution in [0.15, 0.2) is 36.5 Å². The molecule has 4 nitrogen and oxygen atoms in total. The Morgan fingerprint density at radius 1 is 1.14 bits per heavy atom. The number of hydrogen-bond acceptors (Lipinski definition) is 4. The zero-order valence-electron chi connectivity index (χ0n) is 12.3. The van der Waals surface area contributed by atoms with Crippen LogP contribution in [0.25, 0.3) is 0 Å². The highest BCUT2D eigenvalue weighted by Crippen LogP contribution is 2.30. The molecule has 1 aromatic heterocycles. The maximum atomic E-state index is 10.4. The lowest BCUT2D eigenvalue weighted by Crippen LogP contribution is -2.20. The van der Waals surface area contributed by atoms with Gasteiger partial charge in [-0.25, -0.2) is 0 Å². The summed E-state index contributed by atoms with van der Waals surface area (Å²) in [6.07, 6.45) is 0.682. The lowest BCUT2D eigenvalue weighted by Gasteiger charge is -2.19. The van der Waals surface area contributed by atoms with Crippen molar-refractivity contribution in [3.05, 3.63) is 57.8 Å². The topological polar surface area (TPSA) is 68.4 Å². The van der Waals surface area contributed by atoms with Crippen molar-refractivity contribution in [3.63, 3.8) is 0 Å². The minimum Gasteiger partial charge on any atom is -0.489 e. The van der Waals surface area contributed by atoms with Gasteiger partial charge in [0.1, 0.15) is 11.9 Å². The third-order valence-corrected chi connectivity index (χ3v) is 3.84. The molecule has 1 heterocycles. The van der Waals surface area contributed by atoms with Crippen LogP contribution in [0.5, 0.6) is 5.75 Å². The second-order valence-corrected chi connectivity index (χ2v) is 6.04. The molecule has 0 saturated heterocycles. The predicted octanol–water partition coefficient (Wildman–Crippen LogP) is 3.91. The van der Waals surface area contributed by atoms with Crippen LogP contribution in [0.4, 0.5) is 0 Å². The normalized spacial score (nSPS) is 14.0. The Morgan fingerprint density at radius 3 is 2.41 bits per heavy atom. The monoisotopic (exact) mass is 340 g/mol. The second-order valence-electron chi connectivity index (χ2n) is 5.23. The maximum Gasteiger partial charge on any atom is 0.137 e. The molecule has 2 aromatic rings. The molecule has 118 valence electrons. The van der Waals surface area contributed by atoms with Gasteiger partial charge in [-0.2, -0.15) is 0 Å². The van der Waals surface area contributed by atoms with Gasteiger partial charge < -0.3 is 15.6 Å². The van der Waals surface area contributed by atoms with Crippen LogP contribution >= 0.6 is 23.2 Å². The second kappa shape index (κ2) is 7.29. The Labute approximate surface area is 139 Å². The van der Waals surface area contributed by atoms with Crippen molar-refractivity contribution in [2.24, 2.45) is 5.73 Å². The Balaban J connectivity index is 2.15. The van der Waals surface area contributed by atoms with Crippen molar-refractivity contribution < 1.29 is 9.84 Å². The number of nitrogens with two attached hydrogens (primary N) is 1. The average molecular weight is 341 g/mol. The van der Waals surface area contributed by atoms with E-state index in [0.29, 0.717) is 27.1 Å². The molecule has 2 rings (SSSR count). The van der Waals surface area contributed by atoms with Crippen LogP contribution in [0.1, 0.15) is 37.3 Å². The largest absolute Gasteiger partial charge is 0.489 e. The van der Waals surface area contributed by atoms with Gasteiger partial charge in [0.2, 0.25) is 0 Å². The summed E-state index contributed by atoms with van der Waals surface area (Å²) in [5, 5.41) is 11.2. The maximum absolute atomic E-state index is 10.4. The van der Waals surface area contributed by atoms with E-state index in [1.807, 2.05) is 13.8 Å². The van der Waals surface area contributed by atoms with E-state index in [0.717, 1.165) is 0 Å². The molecule has 0 bridgehead atoms. The SMILES string of the molecule is CC(C)Oc1ccc([C@@H](O)[C@H](N)c2ccc(Cl)c(Cl)c2)nc1. The number of nitrogens with zero attached hydrogens (tertiary/aromatic N) is 1. The van der Waals surface area contributed by atoms with Crippen LogP contribution in [0.3, 0.4) is 0 Å². The van der Waals surface area contributed by atoms with Crippen molar-refractivity contribution in [2.75, 3.05) is 0 Å². The van der Waals surface area contributed by atoms with Gasteiger partial charge in [0.05, 0.1) is 34.1 Å². The lowest BCUT2D eigenvalue weighted by molar-refractivity contribution is 0.142. The molecule has 0 radical (unpaired) electrons. The van der Waals surface area contributed by atoms with Crippen LogP contribution in [-0.2, 0) is 0 Å². The molecule has 3 N–H and O–H groups in total. The summed E-state index contributed by atoms with van der Waals surface area (Å²) in [5.74, 6) is 0.647. The van der Waals surface area contributed by atoms with E-state index in [9.17, 15) is 5.11 Å².